The molecule has 1 aliphatic heterocycles. The Kier molecular flexibility index (Phi) is 5.04. The summed E-state index contributed by atoms with van der Waals surface area (Å²) in [5, 5.41) is 2.85. The van der Waals surface area contributed by atoms with Gasteiger partial charge >= 0.3 is 6.09 Å². The zero-order chi connectivity index (χ0) is 12.0. The molecule has 1 rings (SSSR count). The van der Waals surface area contributed by atoms with E-state index in [1.54, 1.807) is 4.90 Å². The molecule has 1 saturated heterocycles. The summed E-state index contributed by atoms with van der Waals surface area (Å²) in [7, 11) is 2.86. The van der Waals surface area contributed by atoms with Crippen LogP contribution in [0.4, 0.5) is 4.79 Å². The minimum atomic E-state index is -0.304. The first-order valence-electron chi connectivity index (χ1n) is 5.28. The maximum absolute atomic E-state index is 11.2. The Balaban J connectivity index is 2.26. The lowest BCUT2D eigenvalue weighted by Gasteiger charge is -2.31. The summed E-state index contributed by atoms with van der Waals surface area (Å²) in [6.45, 7) is 1.31. The van der Waals surface area contributed by atoms with Gasteiger partial charge in [-0.2, -0.15) is 0 Å². The Morgan fingerprint density at radius 1 is 1.31 bits per heavy atom. The maximum atomic E-state index is 11.2. The number of amides is 2. The molecule has 92 valence electrons. The van der Waals surface area contributed by atoms with Crippen molar-refractivity contribution in [1.82, 2.24) is 10.2 Å². The van der Waals surface area contributed by atoms with Crippen molar-refractivity contribution in [2.75, 3.05) is 33.9 Å². The van der Waals surface area contributed by atoms with Crippen LogP contribution in [0.25, 0.3) is 0 Å². The molecule has 6 nitrogen and oxygen atoms in total. The number of piperidine rings is 1. The van der Waals surface area contributed by atoms with Crippen LogP contribution in [0.2, 0.25) is 0 Å². The molecule has 0 aliphatic carbocycles. The predicted octanol–water partition coefficient (Wildman–Crippen LogP) is -0.0202. The number of hydrogen-bond donors (Lipinski definition) is 1. The van der Waals surface area contributed by atoms with Crippen molar-refractivity contribution < 1.29 is 19.1 Å². The fourth-order valence-corrected chi connectivity index (χ4v) is 1.74. The highest BCUT2D eigenvalue weighted by molar-refractivity contribution is 5.77. The summed E-state index contributed by atoms with van der Waals surface area (Å²) >= 11 is 0. The van der Waals surface area contributed by atoms with E-state index in [4.69, 9.17) is 4.74 Å². The highest BCUT2D eigenvalue weighted by Crippen LogP contribution is 2.10. The summed E-state index contributed by atoms with van der Waals surface area (Å²) in [6.07, 6.45) is 1.21. The molecule has 0 spiro atoms. The van der Waals surface area contributed by atoms with Crippen LogP contribution >= 0.6 is 0 Å². The van der Waals surface area contributed by atoms with Gasteiger partial charge in [0.15, 0.2) is 0 Å². The van der Waals surface area contributed by atoms with Crippen LogP contribution in [0.15, 0.2) is 0 Å². The minimum Gasteiger partial charge on any atom is -0.453 e. The van der Waals surface area contributed by atoms with Crippen LogP contribution in [0.3, 0.4) is 0 Å². The van der Waals surface area contributed by atoms with Gasteiger partial charge in [0.25, 0.3) is 0 Å². The second-order valence-electron chi connectivity index (χ2n) is 3.73. The number of ether oxygens (including phenoxy) is 2. The van der Waals surface area contributed by atoms with Gasteiger partial charge in [-0.15, -0.1) is 0 Å². The van der Waals surface area contributed by atoms with Crippen molar-refractivity contribution in [2.24, 2.45) is 0 Å². The lowest BCUT2D eigenvalue weighted by atomic mass is 10.1. The van der Waals surface area contributed by atoms with Gasteiger partial charge in [-0.25, -0.2) is 4.79 Å². The van der Waals surface area contributed by atoms with Crippen LogP contribution in [-0.4, -0.2) is 56.9 Å². The molecular formula is C10H18N2O4. The summed E-state index contributed by atoms with van der Waals surface area (Å²) in [5.74, 6) is -0.112. The van der Waals surface area contributed by atoms with E-state index in [0.29, 0.717) is 13.1 Å². The van der Waals surface area contributed by atoms with Crippen LogP contribution in [0.5, 0.6) is 0 Å². The van der Waals surface area contributed by atoms with Gasteiger partial charge in [0.2, 0.25) is 5.91 Å². The van der Waals surface area contributed by atoms with Crippen molar-refractivity contribution in [3.8, 4) is 0 Å². The summed E-state index contributed by atoms with van der Waals surface area (Å²) in [6, 6.07) is 0.128. The van der Waals surface area contributed by atoms with E-state index >= 15 is 0 Å². The number of methoxy groups -OCH3 is 2. The standard InChI is InChI=1S/C10H18N2O4/c1-15-7-9(13)11-8-3-5-12(6-4-8)10(14)16-2/h8H,3-7H2,1-2H3,(H,11,13). The quantitative estimate of drug-likeness (QED) is 0.740. The van der Waals surface area contributed by atoms with Gasteiger partial charge in [0.05, 0.1) is 7.11 Å². The second-order valence-corrected chi connectivity index (χ2v) is 3.73. The smallest absolute Gasteiger partial charge is 0.409 e. The number of hydrogen-bond acceptors (Lipinski definition) is 4. The van der Waals surface area contributed by atoms with Crippen LogP contribution in [0, 0.1) is 0 Å². The Bertz CT molecular complexity index is 249. The average molecular weight is 230 g/mol. The molecule has 16 heavy (non-hydrogen) atoms. The fraction of sp³-hybridized carbons (Fsp3) is 0.800. The normalized spacial score (nSPS) is 17.0. The molecule has 1 fully saturated rings. The minimum absolute atomic E-state index is 0.0806. The van der Waals surface area contributed by atoms with E-state index in [1.807, 2.05) is 0 Å². The summed E-state index contributed by atoms with van der Waals surface area (Å²) in [4.78, 5) is 24.1. The predicted molar refractivity (Wildman–Crippen MR) is 57.0 cm³/mol. The second kappa shape index (κ2) is 6.32. The highest BCUT2D eigenvalue weighted by atomic mass is 16.5. The molecule has 0 unspecified atom stereocenters. The lowest BCUT2D eigenvalue weighted by molar-refractivity contribution is -0.125. The molecule has 0 bridgehead atoms. The van der Waals surface area contributed by atoms with Crippen LogP contribution in [-0.2, 0) is 14.3 Å². The molecule has 6 heteroatoms. The SMILES string of the molecule is COCC(=O)NC1CCN(C(=O)OC)CC1. The maximum Gasteiger partial charge on any atom is 0.409 e. The highest BCUT2D eigenvalue weighted by Gasteiger charge is 2.23. The largest absolute Gasteiger partial charge is 0.453 e. The number of carbonyl (C=O) groups excluding carboxylic acids is 2. The Labute approximate surface area is 94.9 Å². The Morgan fingerprint density at radius 3 is 2.44 bits per heavy atom. The fourth-order valence-electron chi connectivity index (χ4n) is 1.74. The molecule has 0 saturated carbocycles. The van der Waals surface area contributed by atoms with Crippen LogP contribution in [0.1, 0.15) is 12.8 Å². The third kappa shape index (κ3) is 3.69. The number of nitrogens with one attached hydrogen (secondary N) is 1. The van der Waals surface area contributed by atoms with Crippen molar-refractivity contribution in [1.29, 1.82) is 0 Å². The van der Waals surface area contributed by atoms with E-state index in [1.165, 1.54) is 14.2 Å². The lowest BCUT2D eigenvalue weighted by Crippen LogP contribution is -2.47. The summed E-state index contributed by atoms with van der Waals surface area (Å²) < 4.78 is 9.35. The van der Waals surface area contributed by atoms with Crippen molar-refractivity contribution in [3.63, 3.8) is 0 Å². The Hall–Kier alpha value is -1.30. The molecular weight excluding hydrogens is 212 g/mol. The molecule has 1 heterocycles. The van der Waals surface area contributed by atoms with Gasteiger partial charge in [-0.3, -0.25) is 4.79 Å². The van der Waals surface area contributed by atoms with E-state index in [2.05, 4.69) is 10.1 Å². The van der Waals surface area contributed by atoms with Crippen molar-refractivity contribution in [2.45, 2.75) is 18.9 Å². The number of nitrogens with zero attached hydrogens (tertiary/aromatic N) is 1. The van der Waals surface area contributed by atoms with E-state index in [-0.39, 0.29) is 24.6 Å². The third-order valence-corrected chi connectivity index (χ3v) is 2.57. The number of likely N-dealkylation sites (tertiary alicyclic amines) is 1. The molecule has 0 atom stereocenters. The van der Waals surface area contributed by atoms with E-state index < -0.39 is 0 Å². The topological polar surface area (TPSA) is 67.9 Å². The first kappa shape index (κ1) is 12.8. The van der Waals surface area contributed by atoms with Gasteiger partial charge in [-0.05, 0) is 12.8 Å². The number of rotatable bonds is 3. The third-order valence-electron chi connectivity index (χ3n) is 2.57. The van der Waals surface area contributed by atoms with Gasteiger partial charge in [0.1, 0.15) is 6.61 Å². The van der Waals surface area contributed by atoms with Gasteiger partial charge in [-0.1, -0.05) is 0 Å². The van der Waals surface area contributed by atoms with Crippen LogP contribution < -0.4 is 5.32 Å². The summed E-state index contributed by atoms with van der Waals surface area (Å²) in [5.41, 5.74) is 0. The molecule has 0 aromatic heterocycles. The molecule has 2 amide bonds. The molecule has 1 N–H and O–H groups in total. The van der Waals surface area contributed by atoms with Gasteiger partial charge in [0, 0.05) is 26.2 Å². The monoisotopic (exact) mass is 230 g/mol. The van der Waals surface area contributed by atoms with E-state index in [9.17, 15) is 9.59 Å². The zero-order valence-electron chi connectivity index (χ0n) is 9.69. The van der Waals surface area contributed by atoms with Crippen molar-refractivity contribution in [3.05, 3.63) is 0 Å². The average Bonchev–Trinajstić information content (AvgIpc) is 2.29. The molecule has 0 radical (unpaired) electrons. The number of carbonyl (C=O) groups is 2. The van der Waals surface area contributed by atoms with E-state index in [0.717, 1.165) is 12.8 Å². The molecule has 1 aliphatic rings. The van der Waals surface area contributed by atoms with Gasteiger partial charge < -0.3 is 19.7 Å². The molecule has 0 aromatic carbocycles. The molecule has 0 aromatic rings. The first-order valence-corrected chi connectivity index (χ1v) is 5.28. The Morgan fingerprint density at radius 2 is 1.94 bits per heavy atom. The first-order chi connectivity index (χ1) is 7.67. The van der Waals surface area contributed by atoms with Crippen molar-refractivity contribution >= 4 is 12.0 Å². The zero-order valence-corrected chi connectivity index (χ0v) is 9.69.